The van der Waals surface area contributed by atoms with Gasteiger partial charge in [0, 0.05) is 45.1 Å². The molecule has 7 nitrogen and oxygen atoms in total. The Kier molecular flexibility index (Phi) is 4.71. The van der Waals surface area contributed by atoms with Gasteiger partial charge in [-0.05, 0) is 18.7 Å². The molecule has 2 rings (SSSR count). The second kappa shape index (κ2) is 6.33. The third-order valence-corrected chi connectivity index (χ3v) is 4.74. The van der Waals surface area contributed by atoms with Gasteiger partial charge in [-0.15, -0.1) is 0 Å². The molecule has 2 heterocycles. The summed E-state index contributed by atoms with van der Waals surface area (Å²) in [6, 6.07) is 3.29. The van der Waals surface area contributed by atoms with Crippen LogP contribution >= 0.6 is 0 Å². The van der Waals surface area contributed by atoms with Gasteiger partial charge in [0.15, 0.2) is 5.03 Å². The van der Waals surface area contributed by atoms with Crippen LogP contribution in [0.25, 0.3) is 0 Å². The summed E-state index contributed by atoms with van der Waals surface area (Å²) in [5, 5.41) is 7.07. The summed E-state index contributed by atoms with van der Waals surface area (Å²) in [5.74, 6) is 0. The summed E-state index contributed by atoms with van der Waals surface area (Å²) in [7, 11) is 1.56. The zero-order valence-electron chi connectivity index (χ0n) is 12.3. The number of aryl methyl sites for hydroxylation is 1. The van der Waals surface area contributed by atoms with Gasteiger partial charge in [0.1, 0.15) is 0 Å². The second-order valence-corrected chi connectivity index (χ2v) is 6.81. The van der Waals surface area contributed by atoms with Gasteiger partial charge in [-0.3, -0.25) is 4.68 Å². The first kappa shape index (κ1) is 15.6. The number of hydrogen-bond acceptors (Lipinski definition) is 5. The van der Waals surface area contributed by atoms with E-state index in [0.717, 1.165) is 11.1 Å². The van der Waals surface area contributed by atoms with Crippen LogP contribution in [-0.4, -0.2) is 41.6 Å². The van der Waals surface area contributed by atoms with Gasteiger partial charge >= 0.3 is 0 Å². The minimum atomic E-state index is -3.59. The van der Waals surface area contributed by atoms with Crippen LogP contribution in [-0.2, 0) is 30.2 Å². The average Bonchev–Trinajstić information content (AvgIpc) is 2.85. The number of nitrogens with zero attached hydrogens (tertiary/aromatic N) is 4. The lowest BCUT2D eigenvalue weighted by molar-refractivity contribution is 0.463. The molecule has 2 aromatic rings. The normalized spacial score (nSPS) is 12.0. The van der Waals surface area contributed by atoms with Crippen molar-refractivity contribution in [3.63, 3.8) is 0 Å². The second-order valence-electron chi connectivity index (χ2n) is 4.82. The van der Waals surface area contributed by atoms with Crippen molar-refractivity contribution in [1.29, 1.82) is 0 Å². The molecule has 0 amide bonds. The smallest absolute Gasteiger partial charge is 0.260 e. The molecule has 114 valence electrons. The molecule has 0 fully saturated rings. The summed E-state index contributed by atoms with van der Waals surface area (Å²) < 4.78 is 27.8. The van der Waals surface area contributed by atoms with Crippen molar-refractivity contribution in [1.82, 2.24) is 24.4 Å². The largest absolute Gasteiger partial charge is 0.316 e. The van der Waals surface area contributed by atoms with Crippen LogP contribution in [0.15, 0.2) is 35.7 Å². The molecule has 1 N–H and O–H groups in total. The van der Waals surface area contributed by atoms with Crippen molar-refractivity contribution in [3.8, 4) is 0 Å². The Bertz CT molecular complexity index is 694. The van der Waals surface area contributed by atoms with Crippen LogP contribution in [0.3, 0.4) is 0 Å². The molecule has 0 aliphatic carbocycles. The summed E-state index contributed by atoms with van der Waals surface area (Å²) in [6.45, 7) is 0.912. The van der Waals surface area contributed by atoms with Gasteiger partial charge < -0.3 is 5.32 Å². The molecule has 8 heteroatoms. The molecule has 0 saturated heterocycles. The van der Waals surface area contributed by atoms with Gasteiger partial charge in [-0.25, -0.2) is 13.4 Å². The molecule has 0 aromatic carbocycles. The number of hydrogen-bond donors (Lipinski definition) is 1. The zero-order valence-corrected chi connectivity index (χ0v) is 13.1. The SMILES string of the molecule is CNCc1ccc(S(=O)(=O)N(C)Cc2cnn(C)c2)nc1. The van der Waals surface area contributed by atoms with Crippen LogP contribution in [0.1, 0.15) is 11.1 Å². The van der Waals surface area contributed by atoms with Crippen LogP contribution < -0.4 is 5.32 Å². The van der Waals surface area contributed by atoms with Crippen molar-refractivity contribution in [2.45, 2.75) is 18.1 Å². The standard InChI is InChI=1S/C13H19N5O2S/c1-14-6-11-4-5-13(15-7-11)21(19,20)18(3)10-12-8-16-17(2)9-12/h4-5,7-9,14H,6,10H2,1-3H3. The molecule has 21 heavy (non-hydrogen) atoms. The van der Waals surface area contributed by atoms with Crippen molar-refractivity contribution in [2.75, 3.05) is 14.1 Å². The van der Waals surface area contributed by atoms with E-state index in [0.29, 0.717) is 6.54 Å². The van der Waals surface area contributed by atoms with Crippen molar-refractivity contribution < 1.29 is 8.42 Å². The fraction of sp³-hybridized carbons (Fsp3) is 0.385. The van der Waals surface area contributed by atoms with Gasteiger partial charge in [0.2, 0.25) is 0 Å². The first-order chi connectivity index (χ1) is 9.93. The van der Waals surface area contributed by atoms with E-state index in [-0.39, 0.29) is 11.6 Å². The highest BCUT2D eigenvalue weighted by Gasteiger charge is 2.22. The Balaban J connectivity index is 2.16. The molecule has 0 aliphatic heterocycles. The Labute approximate surface area is 124 Å². The van der Waals surface area contributed by atoms with E-state index in [2.05, 4.69) is 15.4 Å². The number of aromatic nitrogens is 3. The summed E-state index contributed by atoms with van der Waals surface area (Å²) in [4.78, 5) is 4.05. The molecule has 2 aromatic heterocycles. The molecular formula is C13H19N5O2S. The number of sulfonamides is 1. The van der Waals surface area contributed by atoms with E-state index in [1.165, 1.54) is 17.4 Å². The van der Waals surface area contributed by atoms with Gasteiger partial charge in [-0.1, -0.05) is 6.07 Å². The lowest BCUT2D eigenvalue weighted by atomic mass is 10.3. The van der Waals surface area contributed by atoms with Gasteiger partial charge in [-0.2, -0.15) is 9.40 Å². The van der Waals surface area contributed by atoms with E-state index >= 15 is 0 Å². The quantitative estimate of drug-likeness (QED) is 0.833. The van der Waals surface area contributed by atoms with Crippen LogP contribution in [0.5, 0.6) is 0 Å². The number of nitrogens with one attached hydrogen (secondary N) is 1. The minimum absolute atomic E-state index is 0.0498. The molecule has 0 unspecified atom stereocenters. The Morgan fingerprint density at radius 2 is 2.05 bits per heavy atom. The molecule has 0 aliphatic rings. The molecule has 0 radical (unpaired) electrons. The Morgan fingerprint density at radius 3 is 2.57 bits per heavy atom. The van der Waals surface area contributed by atoms with Crippen molar-refractivity contribution in [3.05, 3.63) is 41.9 Å². The molecule has 0 atom stereocenters. The topological polar surface area (TPSA) is 80.1 Å². The number of rotatable bonds is 6. The third-order valence-electron chi connectivity index (χ3n) is 3.02. The maximum Gasteiger partial charge on any atom is 0.260 e. The third kappa shape index (κ3) is 3.66. The molecule has 0 saturated carbocycles. The lowest BCUT2D eigenvalue weighted by Crippen LogP contribution is -2.27. The fourth-order valence-corrected chi connectivity index (χ4v) is 2.99. The monoisotopic (exact) mass is 309 g/mol. The van der Waals surface area contributed by atoms with Gasteiger partial charge in [0.05, 0.1) is 6.20 Å². The van der Waals surface area contributed by atoms with Crippen LogP contribution in [0, 0.1) is 0 Å². The molecule has 0 bridgehead atoms. The van der Waals surface area contributed by atoms with E-state index in [4.69, 9.17) is 0 Å². The average molecular weight is 309 g/mol. The van der Waals surface area contributed by atoms with Crippen LogP contribution in [0.2, 0.25) is 0 Å². The first-order valence-electron chi connectivity index (χ1n) is 6.47. The predicted molar refractivity (Wildman–Crippen MR) is 78.9 cm³/mol. The fourth-order valence-electron chi connectivity index (χ4n) is 1.93. The van der Waals surface area contributed by atoms with E-state index in [1.54, 1.807) is 36.4 Å². The van der Waals surface area contributed by atoms with Crippen molar-refractivity contribution in [2.24, 2.45) is 7.05 Å². The van der Waals surface area contributed by atoms with Crippen LogP contribution in [0.4, 0.5) is 0 Å². The van der Waals surface area contributed by atoms with E-state index < -0.39 is 10.0 Å². The highest BCUT2D eigenvalue weighted by atomic mass is 32.2. The molecule has 0 spiro atoms. The lowest BCUT2D eigenvalue weighted by Gasteiger charge is -2.15. The highest BCUT2D eigenvalue weighted by molar-refractivity contribution is 7.89. The minimum Gasteiger partial charge on any atom is -0.316 e. The Morgan fingerprint density at radius 1 is 1.29 bits per heavy atom. The number of pyridine rings is 1. The first-order valence-corrected chi connectivity index (χ1v) is 7.91. The summed E-state index contributed by atoms with van der Waals surface area (Å²) >= 11 is 0. The summed E-state index contributed by atoms with van der Waals surface area (Å²) in [5.41, 5.74) is 1.77. The molecular weight excluding hydrogens is 290 g/mol. The summed E-state index contributed by atoms with van der Waals surface area (Å²) in [6.07, 6.45) is 5.01. The van der Waals surface area contributed by atoms with Gasteiger partial charge in [0.25, 0.3) is 10.0 Å². The van der Waals surface area contributed by atoms with E-state index in [1.807, 2.05) is 7.05 Å². The van der Waals surface area contributed by atoms with Crippen molar-refractivity contribution >= 4 is 10.0 Å². The zero-order chi connectivity index (χ0) is 15.5. The van der Waals surface area contributed by atoms with E-state index in [9.17, 15) is 8.42 Å². The highest BCUT2D eigenvalue weighted by Crippen LogP contribution is 2.14. The maximum atomic E-state index is 12.4. The predicted octanol–water partition coefficient (Wildman–Crippen LogP) is 0.355. The Hall–Kier alpha value is -1.77. The maximum absolute atomic E-state index is 12.4.